The second kappa shape index (κ2) is 11.0. The Morgan fingerprint density at radius 3 is 2.48 bits per heavy atom. The van der Waals surface area contributed by atoms with E-state index in [0.717, 1.165) is 75.8 Å². The van der Waals surface area contributed by atoms with Crippen LogP contribution in [0.2, 0.25) is 0 Å². The summed E-state index contributed by atoms with van der Waals surface area (Å²) in [7, 11) is 0. The van der Waals surface area contributed by atoms with E-state index < -0.39 is 0 Å². The predicted molar refractivity (Wildman–Crippen MR) is 160 cm³/mol. The SMILES string of the molecule is CSc1nn2c(-c3ccccc3)c(-c3ccc(CN4CCC(c5nc(-c6ccccn6)n[nH]5)CC4)cc3)nc2s1. The summed E-state index contributed by atoms with van der Waals surface area (Å²) < 4.78 is 3.01. The zero-order chi connectivity index (χ0) is 26.9. The topological polar surface area (TPSA) is 87.9 Å². The molecule has 1 saturated heterocycles. The highest BCUT2D eigenvalue weighted by Gasteiger charge is 2.24. The Kier molecular flexibility index (Phi) is 6.88. The van der Waals surface area contributed by atoms with Gasteiger partial charge in [0.15, 0.2) is 10.2 Å². The molecule has 0 spiro atoms. The minimum atomic E-state index is 0.398. The van der Waals surface area contributed by atoms with E-state index in [9.17, 15) is 0 Å². The van der Waals surface area contributed by atoms with Gasteiger partial charge in [0.1, 0.15) is 22.9 Å². The van der Waals surface area contributed by atoms with E-state index >= 15 is 0 Å². The Morgan fingerprint density at radius 2 is 1.73 bits per heavy atom. The largest absolute Gasteiger partial charge is 0.299 e. The van der Waals surface area contributed by atoms with Gasteiger partial charge < -0.3 is 0 Å². The van der Waals surface area contributed by atoms with Gasteiger partial charge in [-0.3, -0.25) is 15.0 Å². The van der Waals surface area contributed by atoms with E-state index in [1.54, 1.807) is 29.3 Å². The molecular weight excluding hydrogens is 537 g/mol. The van der Waals surface area contributed by atoms with Crippen LogP contribution in [0.1, 0.15) is 30.1 Å². The highest BCUT2D eigenvalue weighted by atomic mass is 32.2. The molecule has 1 N–H and O–H groups in total. The summed E-state index contributed by atoms with van der Waals surface area (Å²) in [4.78, 5) is 17.6. The van der Waals surface area contributed by atoms with Crippen LogP contribution in [0.3, 0.4) is 0 Å². The van der Waals surface area contributed by atoms with Gasteiger partial charge in [0.05, 0.1) is 0 Å². The van der Waals surface area contributed by atoms with Gasteiger partial charge in [0, 0.05) is 29.8 Å². The highest BCUT2D eigenvalue weighted by Crippen LogP contribution is 2.36. The molecule has 7 rings (SSSR count). The van der Waals surface area contributed by atoms with E-state index in [1.807, 2.05) is 28.8 Å². The van der Waals surface area contributed by atoms with Gasteiger partial charge in [-0.05, 0) is 49.9 Å². The van der Waals surface area contributed by atoms with Gasteiger partial charge in [0.2, 0.25) is 4.96 Å². The molecule has 6 aromatic rings. The lowest BCUT2D eigenvalue weighted by atomic mass is 9.95. The highest BCUT2D eigenvalue weighted by molar-refractivity contribution is 8.00. The molecule has 1 fully saturated rings. The van der Waals surface area contributed by atoms with Crippen molar-refractivity contribution in [2.75, 3.05) is 19.3 Å². The standard InChI is InChI=1S/C30H28N8S2/c1-39-30-36-38-26(22-7-3-2-4-8-22)25(32-29(38)40-30)21-12-10-20(11-13-21)19-37-17-14-23(15-18-37)27-33-28(35-34-27)24-9-5-6-16-31-24/h2-13,16,23H,14-15,17-19H2,1H3,(H,33,34,35). The number of likely N-dealkylation sites (tertiary alicyclic amines) is 1. The number of hydrogen-bond acceptors (Lipinski definition) is 8. The molecule has 1 aliphatic heterocycles. The molecule has 0 radical (unpaired) electrons. The van der Waals surface area contributed by atoms with Gasteiger partial charge in [-0.15, -0.1) is 5.10 Å². The Balaban J connectivity index is 1.04. The van der Waals surface area contributed by atoms with Gasteiger partial charge >= 0.3 is 0 Å². The van der Waals surface area contributed by atoms with Crippen molar-refractivity contribution in [1.29, 1.82) is 0 Å². The van der Waals surface area contributed by atoms with E-state index in [0.29, 0.717) is 11.7 Å². The summed E-state index contributed by atoms with van der Waals surface area (Å²) in [6.45, 7) is 3.00. The molecule has 0 aliphatic carbocycles. The minimum Gasteiger partial charge on any atom is -0.299 e. The fourth-order valence-corrected chi connectivity index (χ4v) is 6.68. The van der Waals surface area contributed by atoms with Crippen molar-refractivity contribution in [1.82, 2.24) is 39.7 Å². The summed E-state index contributed by atoms with van der Waals surface area (Å²) >= 11 is 3.28. The van der Waals surface area contributed by atoms with Gasteiger partial charge in [-0.1, -0.05) is 83.8 Å². The smallest absolute Gasteiger partial charge is 0.214 e. The van der Waals surface area contributed by atoms with E-state index in [1.165, 1.54) is 5.56 Å². The first-order valence-electron chi connectivity index (χ1n) is 13.4. The van der Waals surface area contributed by atoms with Gasteiger partial charge in [-0.2, -0.15) is 5.10 Å². The van der Waals surface area contributed by atoms with Crippen molar-refractivity contribution < 1.29 is 0 Å². The van der Waals surface area contributed by atoms with E-state index in [4.69, 9.17) is 15.1 Å². The number of thioether (sulfide) groups is 1. The third-order valence-corrected chi connectivity index (χ3v) is 9.30. The lowest BCUT2D eigenvalue weighted by Crippen LogP contribution is -2.32. The quantitative estimate of drug-likeness (QED) is 0.224. The number of piperidine rings is 1. The number of rotatable bonds is 7. The number of nitrogens with zero attached hydrogens (tertiary/aromatic N) is 7. The van der Waals surface area contributed by atoms with Crippen LogP contribution in [0.5, 0.6) is 0 Å². The zero-order valence-electron chi connectivity index (χ0n) is 22.1. The minimum absolute atomic E-state index is 0.398. The summed E-state index contributed by atoms with van der Waals surface area (Å²) in [6.07, 6.45) is 5.95. The lowest BCUT2D eigenvalue weighted by Gasteiger charge is -2.30. The molecule has 0 unspecified atom stereocenters. The fraction of sp³-hybridized carbons (Fsp3) is 0.233. The molecule has 0 bridgehead atoms. The second-order valence-electron chi connectivity index (χ2n) is 9.95. The van der Waals surface area contributed by atoms with Crippen molar-refractivity contribution in [3.05, 3.63) is 90.4 Å². The Morgan fingerprint density at radius 1 is 0.925 bits per heavy atom. The summed E-state index contributed by atoms with van der Waals surface area (Å²) in [5, 5.41) is 12.4. The molecule has 10 heteroatoms. The van der Waals surface area contributed by atoms with Gasteiger partial charge in [-0.25, -0.2) is 14.5 Å². The Bertz CT molecular complexity index is 1720. The predicted octanol–water partition coefficient (Wildman–Crippen LogP) is 6.41. The fourth-order valence-electron chi connectivity index (χ4n) is 5.33. The summed E-state index contributed by atoms with van der Waals surface area (Å²) in [5.41, 5.74) is 6.36. The molecule has 0 saturated carbocycles. The number of pyridine rings is 1. The first kappa shape index (κ1) is 25.1. The Hall–Kier alpha value is -3.86. The average molecular weight is 565 g/mol. The first-order chi connectivity index (χ1) is 19.7. The second-order valence-corrected chi connectivity index (χ2v) is 12.0. The van der Waals surface area contributed by atoms with Crippen molar-refractivity contribution in [3.63, 3.8) is 0 Å². The molecule has 5 heterocycles. The maximum absolute atomic E-state index is 5.01. The number of imidazole rings is 1. The molecule has 1 aliphatic rings. The van der Waals surface area contributed by atoms with E-state index in [-0.39, 0.29) is 0 Å². The van der Waals surface area contributed by atoms with Crippen LogP contribution in [0.15, 0.2) is 83.3 Å². The van der Waals surface area contributed by atoms with Crippen molar-refractivity contribution >= 4 is 28.1 Å². The van der Waals surface area contributed by atoms with Crippen molar-refractivity contribution in [2.45, 2.75) is 29.6 Å². The number of benzene rings is 2. The number of fused-ring (bicyclic) bond motifs is 1. The molecule has 0 amide bonds. The van der Waals surface area contributed by atoms with Crippen LogP contribution < -0.4 is 0 Å². The third-order valence-electron chi connectivity index (χ3n) is 7.41. The first-order valence-corrected chi connectivity index (χ1v) is 15.4. The molecule has 200 valence electrons. The summed E-state index contributed by atoms with van der Waals surface area (Å²) in [6, 6.07) is 25.1. The number of aromatic nitrogens is 7. The molecular formula is C30H28N8S2. The lowest BCUT2D eigenvalue weighted by molar-refractivity contribution is 0.202. The maximum atomic E-state index is 5.01. The van der Waals surface area contributed by atoms with Crippen LogP contribution in [-0.2, 0) is 6.54 Å². The monoisotopic (exact) mass is 564 g/mol. The third kappa shape index (κ3) is 4.94. The number of aromatic amines is 1. The van der Waals surface area contributed by atoms with Gasteiger partial charge in [0.25, 0.3) is 0 Å². The van der Waals surface area contributed by atoms with Crippen LogP contribution in [0, 0.1) is 0 Å². The molecule has 4 aromatic heterocycles. The zero-order valence-corrected chi connectivity index (χ0v) is 23.7. The van der Waals surface area contributed by atoms with Crippen LogP contribution in [0.4, 0.5) is 0 Å². The normalized spacial score (nSPS) is 14.7. The molecule has 2 aromatic carbocycles. The molecule has 40 heavy (non-hydrogen) atoms. The Labute approximate surface area is 240 Å². The average Bonchev–Trinajstić information content (AvgIpc) is 3.74. The number of hydrogen-bond donors (Lipinski definition) is 1. The number of nitrogens with one attached hydrogen (secondary N) is 1. The van der Waals surface area contributed by atoms with Crippen LogP contribution in [0.25, 0.3) is 39.0 Å². The van der Waals surface area contributed by atoms with Crippen LogP contribution >= 0.6 is 23.1 Å². The van der Waals surface area contributed by atoms with Crippen molar-refractivity contribution in [3.8, 4) is 34.0 Å². The van der Waals surface area contributed by atoms with E-state index in [2.05, 4.69) is 74.9 Å². The number of H-pyrrole nitrogens is 1. The maximum Gasteiger partial charge on any atom is 0.214 e. The summed E-state index contributed by atoms with van der Waals surface area (Å²) in [5.74, 6) is 2.04. The van der Waals surface area contributed by atoms with Crippen LogP contribution in [-0.4, -0.2) is 59.0 Å². The van der Waals surface area contributed by atoms with Crippen molar-refractivity contribution in [2.24, 2.45) is 0 Å². The molecule has 0 atom stereocenters. The molecule has 8 nitrogen and oxygen atoms in total.